The van der Waals surface area contributed by atoms with E-state index in [2.05, 4.69) is 15.9 Å². The number of nitrogens with zero attached hydrogens (tertiary/aromatic N) is 1. The molecule has 17 heavy (non-hydrogen) atoms. The Morgan fingerprint density at radius 3 is 2.65 bits per heavy atom. The molecule has 1 fully saturated rings. The number of hydrogen-bond donors (Lipinski definition) is 0. The van der Waals surface area contributed by atoms with Gasteiger partial charge in [-0.3, -0.25) is 9.69 Å². The largest absolute Gasteiger partial charge is 0.503 e. The average Bonchev–Trinajstić information content (AvgIpc) is 2.57. The van der Waals surface area contributed by atoms with Gasteiger partial charge >= 0.3 is 0 Å². The normalized spacial score (nSPS) is 18.0. The van der Waals surface area contributed by atoms with Gasteiger partial charge in [-0.2, -0.15) is 0 Å². The third-order valence-electron chi connectivity index (χ3n) is 2.10. The van der Waals surface area contributed by atoms with E-state index in [1.165, 1.54) is 30.0 Å². The van der Waals surface area contributed by atoms with Crippen molar-refractivity contribution in [1.82, 2.24) is 0 Å². The molecule has 1 aliphatic heterocycles. The molecule has 1 aliphatic rings. The molecular formula is C11H8BrNO2S2. The average molecular weight is 330 g/mol. The Morgan fingerprint density at radius 2 is 2.06 bits per heavy atom. The van der Waals surface area contributed by atoms with E-state index in [0.29, 0.717) is 9.23 Å². The molecule has 6 heteroatoms. The number of ether oxygens (including phenoxy) is 1. The second kappa shape index (κ2) is 5.20. The minimum atomic E-state index is -0.149. The predicted octanol–water partition coefficient (Wildman–Crippen LogP) is 3.30. The highest BCUT2D eigenvalue weighted by atomic mass is 79.9. The smallest absolute Gasteiger partial charge is 0.273 e. The maximum absolute atomic E-state index is 12.0. The standard InChI is InChI=1S/C11H8BrNO2S2/c1-15-6-9-10(14)13(11(16)17-9)8-4-2-7(12)3-5-8/h2-6H,1H3/b9-6+. The Bertz CT molecular complexity index is 499. The van der Waals surface area contributed by atoms with Gasteiger partial charge in [0, 0.05) is 4.47 Å². The molecule has 0 atom stereocenters. The van der Waals surface area contributed by atoms with Gasteiger partial charge in [0.15, 0.2) is 4.32 Å². The Morgan fingerprint density at radius 1 is 1.41 bits per heavy atom. The molecule has 1 aromatic rings. The van der Waals surface area contributed by atoms with Crippen LogP contribution in [0.25, 0.3) is 0 Å². The summed E-state index contributed by atoms with van der Waals surface area (Å²) in [5, 5.41) is 0. The summed E-state index contributed by atoms with van der Waals surface area (Å²) in [6.07, 6.45) is 1.41. The summed E-state index contributed by atoms with van der Waals surface area (Å²) < 4.78 is 6.32. The van der Waals surface area contributed by atoms with Gasteiger partial charge in [0.05, 0.1) is 12.8 Å². The lowest BCUT2D eigenvalue weighted by Crippen LogP contribution is -2.27. The number of thiocarbonyl (C=S) groups is 1. The Balaban J connectivity index is 2.34. The van der Waals surface area contributed by atoms with Gasteiger partial charge in [0.25, 0.3) is 5.91 Å². The fourth-order valence-corrected chi connectivity index (χ4v) is 2.88. The van der Waals surface area contributed by atoms with Crippen molar-refractivity contribution in [1.29, 1.82) is 0 Å². The molecule has 1 heterocycles. The fraction of sp³-hybridized carbons (Fsp3) is 0.0909. The van der Waals surface area contributed by atoms with Crippen molar-refractivity contribution in [2.45, 2.75) is 0 Å². The van der Waals surface area contributed by atoms with Crippen molar-refractivity contribution in [2.24, 2.45) is 0 Å². The van der Waals surface area contributed by atoms with Crippen molar-refractivity contribution in [3.63, 3.8) is 0 Å². The summed E-state index contributed by atoms with van der Waals surface area (Å²) in [6, 6.07) is 7.41. The zero-order valence-corrected chi connectivity index (χ0v) is 12.1. The Hall–Kier alpha value is -0.850. The van der Waals surface area contributed by atoms with Crippen molar-refractivity contribution >= 4 is 55.8 Å². The molecule has 0 unspecified atom stereocenters. The topological polar surface area (TPSA) is 29.5 Å². The molecule has 0 radical (unpaired) electrons. The van der Waals surface area contributed by atoms with E-state index in [0.717, 1.165) is 10.2 Å². The monoisotopic (exact) mass is 329 g/mol. The number of carbonyl (C=O) groups excluding carboxylic acids is 1. The van der Waals surface area contributed by atoms with Crippen LogP contribution in [0.3, 0.4) is 0 Å². The number of anilines is 1. The third-order valence-corrected chi connectivity index (χ3v) is 3.91. The number of thioether (sulfide) groups is 1. The molecule has 3 nitrogen and oxygen atoms in total. The van der Waals surface area contributed by atoms with Gasteiger partial charge in [-0.1, -0.05) is 39.9 Å². The van der Waals surface area contributed by atoms with Crippen LogP contribution in [0.2, 0.25) is 0 Å². The van der Waals surface area contributed by atoms with Crippen molar-refractivity contribution in [3.05, 3.63) is 39.9 Å². The van der Waals surface area contributed by atoms with Crippen LogP contribution in [0.4, 0.5) is 5.69 Å². The Kier molecular flexibility index (Phi) is 3.86. The molecule has 1 amide bonds. The van der Waals surface area contributed by atoms with Crippen LogP contribution in [0.1, 0.15) is 0 Å². The second-order valence-corrected chi connectivity index (χ2v) is 5.79. The van der Waals surface area contributed by atoms with Crippen LogP contribution in [-0.4, -0.2) is 17.3 Å². The lowest BCUT2D eigenvalue weighted by Gasteiger charge is -2.14. The molecule has 0 aliphatic carbocycles. The molecule has 0 N–H and O–H groups in total. The van der Waals surface area contributed by atoms with Crippen molar-refractivity contribution < 1.29 is 9.53 Å². The van der Waals surface area contributed by atoms with E-state index >= 15 is 0 Å². The first-order valence-corrected chi connectivity index (χ1v) is 6.70. The zero-order valence-electron chi connectivity index (χ0n) is 8.84. The SMILES string of the molecule is CO/C=C1/SC(=S)N(c2ccc(Br)cc2)C1=O. The van der Waals surface area contributed by atoms with Gasteiger partial charge in [-0.15, -0.1) is 0 Å². The number of benzene rings is 1. The number of rotatable bonds is 2. The van der Waals surface area contributed by atoms with Crippen LogP contribution in [0.15, 0.2) is 39.9 Å². The number of halogens is 1. The van der Waals surface area contributed by atoms with Crippen molar-refractivity contribution in [2.75, 3.05) is 12.0 Å². The van der Waals surface area contributed by atoms with Crippen LogP contribution >= 0.6 is 39.9 Å². The second-order valence-electron chi connectivity index (χ2n) is 3.20. The molecule has 88 valence electrons. The van der Waals surface area contributed by atoms with Crippen LogP contribution < -0.4 is 4.90 Å². The molecular weight excluding hydrogens is 322 g/mol. The highest BCUT2D eigenvalue weighted by Crippen LogP contribution is 2.35. The van der Waals surface area contributed by atoms with E-state index in [-0.39, 0.29) is 5.91 Å². The van der Waals surface area contributed by atoms with E-state index in [1.807, 2.05) is 24.3 Å². The molecule has 0 aromatic heterocycles. The summed E-state index contributed by atoms with van der Waals surface area (Å²) in [7, 11) is 1.51. The van der Waals surface area contributed by atoms with E-state index in [1.54, 1.807) is 0 Å². The Labute approximate surface area is 117 Å². The van der Waals surface area contributed by atoms with Crippen LogP contribution in [0.5, 0.6) is 0 Å². The first-order valence-electron chi connectivity index (χ1n) is 4.68. The van der Waals surface area contributed by atoms with Crippen molar-refractivity contribution in [3.8, 4) is 0 Å². The highest BCUT2D eigenvalue weighted by Gasteiger charge is 2.33. The molecule has 0 bridgehead atoms. The maximum atomic E-state index is 12.0. The third kappa shape index (κ3) is 2.53. The predicted molar refractivity (Wildman–Crippen MR) is 76.9 cm³/mol. The molecule has 0 spiro atoms. The van der Waals surface area contributed by atoms with Gasteiger partial charge in [0.1, 0.15) is 11.2 Å². The number of hydrogen-bond acceptors (Lipinski definition) is 4. The molecule has 1 saturated heterocycles. The van der Waals surface area contributed by atoms with Gasteiger partial charge in [0.2, 0.25) is 0 Å². The quantitative estimate of drug-likeness (QED) is 0.473. The van der Waals surface area contributed by atoms with Gasteiger partial charge in [-0.05, 0) is 24.3 Å². The van der Waals surface area contributed by atoms with E-state index in [9.17, 15) is 4.79 Å². The summed E-state index contributed by atoms with van der Waals surface area (Å²) in [5.41, 5.74) is 0.759. The summed E-state index contributed by atoms with van der Waals surface area (Å²) in [6.45, 7) is 0. The lowest BCUT2D eigenvalue weighted by molar-refractivity contribution is -0.113. The van der Waals surface area contributed by atoms with Crippen LogP contribution in [0, 0.1) is 0 Å². The number of amides is 1. The van der Waals surface area contributed by atoms with Gasteiger partial charge < -0.3 is 4.74 Å². The van der Waals surface area contributed by atoms with Gasteiger partial charge in [-0.25, -0.2) is 0 Å². The summed E-state index contributed by atoms with van der Waals surface area (Å²) >= 11 is 9.77. The minimum absolute atomic E-state index is 0.149. The van der Waals surface area contributed by atoms with Crippen LogP contribution in [-0.2, 0) is 9.53 Å². The first kappa shape index (κ1) is 12.6. The van der Waals surface area contributed by atoms with E-state index in [4.69, 9.17) is 17.0 Å². The highest BCUT2D eigenvalue weighted by molar-refractivity contribution is 9.10. The molecule has 0 saturated carbocycles. The zero-order chi connectivity index (χ0) is 12.4. The molecule has 1 aromatic carbocycles. The maximum Gasteiger partial charge on any atom is 0.273 e. The minimum Gasteiger partial charge on any atom is -0.503 e. The first-order chi connectivity index (χ1) is 8.13. The number of carbonyl (C=O) groups is 1. The summed E-state index contributed by atoms with van der Waals surface area (Å²) in [5.74, 6) is -0.149. The molecule has 2 rings (SSSR count). The fourth-order valence-electron chi connectivity index (χ4n) is 1.37. The number of methoxy groups -OCH3 is 1. The summed E-state index contributed by atoms with van der Waals surface area (Å²) in [4.78, 5) is 14.0. The lowest BCUT2D eigenvalue weighted by atomic mass is 10.3. The van der Waals surface area contributed by atoms with E-state index < -0.39 is 0 Å².